The standard InChI is InChI=1S/C15H24O2/c1-13(2)8-11-10(13)4-6-14(3)9-15(11,17)7-5-12(14)16/h10-11,17H,4-9H2,1-3H3/t10-,11+,14-,15+/m1/s1. The zero-order chi connectivity index (χ0) is 12.5. The number of aliphatic hydroxyl groups is 1. The molecule has 0 aliphatic heterocycles. The number of fused-ring (bicyclic) bond motifs is 4. The molecule has 0 aromatic rings. The molecular weight excluding hydrogens is 212 g/mol. The molecule has 0 aromatic carbocycles. The third-order valence-electron chi connectivity index (χ3n) is 6.09. The van der Waals surface area contributed by atoms with Crippen LogP contribution in [0.25, 0.3) is 0 Å². The third kappa shape index (κ3) is 1.46. The molecule has 4 atom stereocenters. The van der Waals surface area contributed by atoms with Crippen molar-refractivity contribution in [2.24, 2.45) is 22.7 Å². The summed E-state index contributed by atoms with van der Waals surface area (Å²) in [5.41, 5.74) is -0.406. The van der Waals surface area contributed by atoms with E-state index in [9.17, 15) is 9.90 Å². The van der Waals surface area contributed by atoms with Gasteiger partial charge in [0.1, 0.15) is 5.78 Å². The first-order valence-corrected chi connectivity index (χ1v) is 7.03. The summed E-state index contributed by atoms with van der Waals surface area (Å²) in [6, 6.07) is 0. The highest BCUT2D eigenvalue weighted by Crippen LogP contribution is 2.63. The van der Waals surface area contributed by atoms with Crippen LogP contribution in [-0.2, 0) is 4.79 Å². The molecule has 2 bridgehead atoms. The SMILES string of the molecule is CC1(C)C[C@H]2[C@H]1CC[C@]1(C)C[C@@]2(O)CCC1=O. The van der Waals surface area contributed by atoms with Gasteiger partial charge in [0.25, 0.3) is 0 Å². The minimum Gasteiger partial charge on any atom is -0.390 e. The molecule has 96 valence electrons. The molecule has 3 rings (SSSR count). The van der Waals surface area contributed by atoms with E-state index in [1.165, 1.54) is 0 Å². The van der Waals surface area contributed by atoms with E-state index < -0.39 is 5.60 Å². The molecule has 3 aliphatic rings. The predicted molar refractivity (Wildman–Crippen MR) is 66.5 cm³/mol. The zero-order valence-corrected chi connectivity index (χ0v) is 11.3. The van der Waals surface area contributed by atoms with Crippen molar-refractivity contribution in [2.75, 3.05) is 0 Å². The summed E-state index contributed by atoms with van der Waals surface area (Å²) in [6.07, 6.45) is 5.27. The van der Waals surface area contributed by atoms with Gasteiger partial charge in [-0.2, -0.15) is 0 Å². The summed E-state index contributed by atoms with van der Waals surface area (Å²) in [7, 11) is 0. The number of rotatable bonds is 0. The molecule has 2 nitrogen and oxygen atoms in total. The first-order valence-electron chi connectivity index (χ1n) is 7.03. The highest BCUT2D eigenvalue weighted by atomic mass is 16.3. The molecule has 0 heterocycles. The highest BCUT2D eigenvalue weighted by molar-refractivity contribution is 5.85. The van der Waals surface area contributed by atoms with Gasteiger partial charge in [0.2, 0.25) is 0 Å². The van der Waals surface area contributed by atoms with Crippen molar-refractivity contribution in [2.45, 2.75) is 64.9 Å². The van der Waals surface area contributed by atoms with E-state index in [1.807, 2.05) is 0 Å². The van der Waals surface area contributed by atoms with Crippen LogP contribution in [0, 0.1) is 22.7 Å². The van der Waals surface area contributed by atoms with E-state index in [-0.39, 0.29) is 5.41 Å². The minimum atomic E-state index is -0.542. The van der Waals surface area contributed by atoms with Crippen LogP contribution in [0.2, 0.25) is 0 Å². The number of ketones is 1. The average Bonchev–Trinajstić information content (AvgIpc) is 2.28. The molecule has 0 saturated heterocycles. The second kappa shape index (κ2) is 3.14. The molecule has 3 fully saturated rings. The molecule has 17 heavy (non-hydrogen) atoms. The quantitative estimate of drug-likeness (QED) is 0.702. The Kier molecular flexibility index (Phi) is 2.16. The predicted octanol–water partition coefficient (Wildman–Crippen LogP) is 2.93. The fourth-order valence-electron chi connectivity index (χ4n) is 4.91. The zero-order valence-electron chi connectivity index (χ0n) is 11.3. The van der Waals surface area contributed by atoms with Crippen LogP contribution in [0.5, 0.6) is 0 Å². The molecule has 0 amide bonds. The van der Waals surface area contributed by atoms with Crippen molar-refractivity contribution in [1.82, 2.24) is 0 Å². The van der Waals surface area contributed by atoms with Gasteiger partial charge >= 0.3 is 0 Å². The lowest BCUT2D eigenvalue weighted by atomic mass is 9.49. The van der Waals surface area contributed by atoms with Crippen LogP contribution in [0.15, 0.2) is 0 Å². The Morgan fingerprint density at radius 2 is 1.88 bits per heavy atom. The lowest BCUT2D eigenvalue weighted by Gasteiger charge is -2.57. The fraction of sp³-hybridized carbons (Fsp3) is 0.933. The molecule has 0 unspecified atom stereocenters. The summed E-state index contributed by atoms with van der Waals surface area (Å²) >= 11 is 0. The van der Waals surface area contributed by atoms with Crippen molar-refractivity contribution in [3.8, 4) is 0 Å². The molecule has 0 radical (unpaired) electrons. The Labute approximate surface area is 104 Å². The fourth-order valence-corrected chi connectivity index (χ4v) is 4.91. The molecule has 3 saturated carbocycles. The minimum absolute atomic E-state index is 0.236. The van der Waals surface area contributed by atoms with E-state index in [1.54, 1.807) is 0 Å². The van der Waals surface area contributed by atoms with Crippen LogP contribution in [0.1, 0.15) is 59.3 Å². The molecule has 1 N–H and O–H groups in total. The number of Topliss-reactive ketones (excluding diaryl/α,β-unsaturated/α-hetero) is 1. The lowest BCUT2D eigenvalue weighted by molar-refractivity contribution is -0.168. The van der Waals surface area contributed by atoms with Gasteiger partial charge in [0, 0.05) is 11.8 Å². The van der Waals surface area contributed by atoms with Crippen molar-refractivity contribution in [3.63, 3.8) is 0 Å². The summed E-state index contributed by atoms with van der Waals surface area (Å²) in [4.78, 5) is 12.1. The smallest absolute Gasteiger partial charge is 0.138 e. The van der Waals surface area contributed by atoms with E-state index >= 15 is 0 Å². The van der Waals surface area contributed by atoms with Crippen LogP contribution in [0.4, 0.5) is 0 Å². The Morgan fingerprint density at radius 3 is 2.53 bits per heavy atom. The summed E-state index contributed by atoms with van der Waals surface area (Å²) in [6.45, 7) is 6.71. The average molecular weight is 236 g/mol. The lowest BCUT2D eigenvalue weighted by Crippen LogP contribution is -2.57. The summed E-state index contributed by atoms with van der Waals surface area (Å²) < 4.78 is 0. The van der Waals surface area contributed by atoms with Crippen LogP contribution in [0.3, 0.4) is 0 Å². The largest absolute Gasteiger partial charge is 0.390 e. The van der Waals surface area contributed by atoms with E-state index in [2.05, 4.69) is 20.8 Å². The Bertz CT molecular complexity index is 373. The topological polar surface area (TPSA) is 37.3 Å². The van der Waals surface area contributed by atoms with Crippen LogP contribution >= 0.6 is 0 Å². The third-order valence-corrected chi connectivity index (χ3v) is 6.09. The first-order chi connectivity index (χ1) is 7.77. The molecule has 0 spiro atoms. The highest BCUT2D eigenvalue weighted by Gasteiger charge is 2.61. The number of hydrogen-bond donors (Lipinski definition) is 1. The normalized spacial score (nSPS) is 52.4. The Hall–Kier alpha value is -0.370. The number of hydrogen-bond acceptors (Lipinski definition) is 2. The van der Waals surface area contributed by atoms with Crippen molar-refractivity contribution < 1.29 is 9.90 Å². The maximum atomic E-state index is 12.1. The van der Waals surface area contributed by atoms with E-state index in [0.29, 0.717) is 35.9 Å². The van der Waals surface area contributed by atoms with Crippen molar-refractivity contribution in [3.05, 3.63) is 0 Å². The van der Waals surface area contributed by atoms with Gasteiger partial charge in [-0.1, -0.05) is 20.8 Å². The Morgan fingerprint density at radius 1 is 1.18 bits per heavy atom. The van der Waals surface area contributed by atoms with Gasteiger partial charge in [-0.05, 0) is 49.4 Å². The van der Waals surface area contributed by atoms with Gasteiger partial charge in [0.15, 0.2) is 0 Å². The molecular formula is C15H24O2. The monoisotopic (exact) mass is 236 g/mol. The Balaban J connectivity index is 1.96. The second-order valence-corrected chi connectivity index (χ2v) is 7.71. The van der Waals surface area contributed by atoms with Crippen LogP contribution < -0.4 is 0 Å². The number of carbonyl (C=O) groups excluding carboxylic acids is 1. The summed E-state index contributed by atoms with van der Waals surface area (Å²) in [5, 5.41) is 10.9. The van der Waals surface area contributed by atoms with Crippen molar-refractivity contribution in [1.29, 1.82) is 0 Å². The van der Waals surface area contributed by atoms with Crippen LogP contribution in [-0.4, -0.2) is 16.5 Å². The maximum absolute atomic E-state index is 12.1. The van der Waals surface area contributed by atoms with Gasteiger partial charge < -0.3 is 5.11 Å². The van der Waals surface area contributed by atoms with Gasteiger partial charge in [0.05, 0.1) is 5.60 Å². The van der Waals surface area contributed by atoms with Gasteiger partial charge in [-0.15, -0.1) is 0 Å². The molecule has 0 aromatic heterocycles. The molecule has 3 aliphatic carbocycles. The van der Waals surface area contributed by atoms with Gasteiger partial charge in [-0.25, -0.2) is 0 Å². The maximum Gasteiger partial charge on any atom is 0.138 e. The van der Waals surface area contributed by atoms with Gasteiger partial charge in [-0.3, -0.25) is 4.79 Å². The van der Waals surface area contributed by atoms with E-state index in [4.69, 9.17) is 0 Å². The van der Waals surface area contributed by atoms with E-state index in [0.717, 1.165) is 25.7 Å². The molecule has 2 heteroatoms. The number of carbonyl (C=O) groups is 1. The summed E-state index contributed by atoms with van der Waals surface area (Å²) in [5.74, 6) is 1.47. The van der Waals surface area contributed by atoms with Crippen molar-refractivity contribution >= 4 is 5.78 Å². The first kappa shape index (κ1) is 11.7. The second-order valence-electron chi connectivity index (χ2n) is 7.71.